The van der Waals surface area contributed by atoms with E-state index >= 15 is 0 Å². The van der Waals surface area contributed by atoms with E-state index in [1.165, 1.54) is 0 Å². The molecule has 0 amide bonds. The summed E-state index contributed by atoms with van der Waals surface area (Å²) in [4.78, 5) is 47.7. The molecule has 0 aliphatic heterocycles. The molecule has 2 saturated carbocycles. The normalized spacial score (nSPS) is 30.6. The molecule has 0 aromatic heterocycles. The van der Waals surface area contributed by atoms with Crippen molar-refractivity contribution in [3.05, 3.63) is 0 Å². The Kier molecular flexibility index (Phi) is 6.96. The number of rotatable bonds is 4. The monoisotopic (exact) mass is 354 g/mol. The molecule has 0 bridgehead atoms. The van der Waals surface area contributed by atoms with Crippen molar-refractivity contribution >= 4 is 23.9 Å². The molecule has 2 fully saturated rings. The maximum Gasteiger partial charge on any atom is 0.317 e. The molecule has 2 rings (SSSR count). The maximum absolute atomic E-state index is 12.4. The second-order valence-corrected chi connectivity index (χ2v) is 7.12. The average molecular weight is 354 g/mol. The number of ether oxygens (including phenoxy) is 1. The van der Waals surface area contributed by atoms with Crippen LogP contribution in [0, 0.1) is 23.7 Å². The third kappa shape index (κ3) is 5.03. The largest absolute Gasteiger partial charge is 0.481 e. The van der Waals surface area contributed by atoms with Crippen LogP contribution in [0.25, 0.3) is 0 Å². The maximum atomic E-state index is 12.4. The standard InChI is InChI=1S/C18H26O7/c19-15(20)11-7-3-1-5-9-13(11)17(23)25-18(24)14-10-6-2-4-8-12(14)16(21)22/h11-14H,1-10H2,(H,19,20)(H,21,22). The van der Waals surface area contributed by atoms with Crippen molar-refractivity contribution in [1.82, 2.24) is 0 Å². The van der Waals surface area contributed by atoms with E-state index in [1.54, 1.807) is 0 Å². The quantitative estimate of drug-likeness (QED) is 0.452. The van der Waals surface area contributed by atoms with Crippen molar-refractivity contribution in [1.29, 1.82) is 0 Å². The van der Waals surface area contributed by atoms with Crippen molar-refractivity contribution in [2.45, 2.75) is 64.2 Å². The molecule has 4 unspecified atom stereocenters. The zero-order valence-electron chi connectivity index (χ0n) is 14.3. The molecule has 0 radical (unpaired) electrons. The Balaban J connectivity index is 2.07. The number of aliphatic carboxylic acids is 2. The lowest BCUT2D eigenvalue weighted by Crippen LogP contribution is -2.36. The SMILES string of the molecule is O=C(O)C1CCCCCC1C(=O)OC(=O)C1CCCCCC1C(=O)O. The second-order valence-electron chi connectivity index (χ2n) is 7.12. The van der Waals surface area contributed by atoms with E-state index in [-0.39, 0.29) is 0 Å². The van der Waals surface area contributed by atoms with Gasteiger partial charge in [0.1, 0.15) is 0 Å². The minimum atomic E-state index is -1.05. The van der Waals surface area contributed by atoms with Crippen LogP contribution in [-0.2, 0) is 23.9 Å². The summed E-state index contributed by atoms with van der Waals surface area (Å²) in [5, 5.41) is 18.7. The van der Waals surface area contributed by atoms with E-state index in [2.05, 4.69) is 0 Å². The van der Waals surface area contributed by atoms with E-state index in [9.17, 15) is 29.4 Å². The summed E-state index contributed by atoms with van der Waals surface area (Å²) >= 11 is 0. The molecule has 7 heteroatoms. The predicted octanol–water partition coefficient (Wildman–Crippen LogP) is 2.62. The summed E-state index contributed by atoms with van der Waals surface area (Å²) in [5.74, 6) is -7.07. The molecule has 25 heavy (non-hydrogen) atoms. The summed E-state index contributed by atoms with van der Waals surface area (Å²) in [6.07, 6.45) is 6.17. The third-order valence-corrected chi connectivity index (χ3v) is 5.47. The fourth-order valence-corrected chi connectivity index (χ4v) is 4.02. The van der Waals surface area contributed by atoms with Gasteiger partial charge in [0.15, 0.2) is 0 Å². The molecule has 0 spiro atoms. The number of carbonyl (C=O) groups excluding carboxylic acids is 2. The zero-order chi connectivity index (χ0) is 18.4. The molecule has 0 heterocycles. The Morgan fingerprint density at radius 1 is 0.560 bits per heavy atom. The highest BCUT2D eigenvalue weighted by molar-refractivity contribution is 5.92. The molecule has 0 aromatic rings. The Morgan fingerprint density at radius 2 is 0.880 bits per heavy atom. The zero-order valence-corrected chi connectivity index (χ0v) is 14.3. The number of hydrogen-bond donors (Lipinski definition) is 2. The third-order valence-electron chi connectivity index (χ3n) is 5.47. The fourth-order valence-electron chi connectivity index (χ4n) is 4.02. The average Bonchev–Trinajstić information content (AvgIpc) is 2.95. The number of esters is 2. The molecule has 2 aliphatic carbocycles. The van der Waals surface area contributed by atoms with E-state index in [0.717, 1.165) is 38.5 Å². The number of carbonyl (C=O) groups is 4. The highest BCUT2D eigenvalue weighted by atomic mass is 16.6. The van der Waals surface area contributed by atoms with Gasteiger partial charge in [0.25, 0.3) is 0 Å². The molecule has 0 aromatic carbocycles. The van der Waals surface area contributed by atoms with Gasteiger partial charge in [-0.2, -0.15) is 0 Å². The number of hydrogen-bond acceptors (Lipinski definition) is 5. The van der Waals surface area contributed by atoms with Gasteiger partial charge in [-0.25, -0.2) is 0 Å². The van der Waals surface area contributed by atoms with Gasteiger partial charge in [0, 0.05) is 0 Å². The van der Waals surface area contributed by atoms with Crippen LogP contribution in [0.3, 0.4) is 0 Å². The Bertz CT molecular complexity index is 482. The van der Waals surface area contributed by atoms with Gasteiger partial charge in [-0.1, -0.05) is 38.5 Å². The van der Waals surface area contributed by atoms with E-state index < -0.39 is 47.5 Å². The van der Waals surface area contributed by atoms with Gasteiger partial charge in [0.05, 0.1) is 23.7 Å². The van der Waals surface area contributed by atoms with Crippen molar-refractivity contribution in [3.63, 3.8) is 0 Å². The lowest BCUT2D eigenvalue weighted by atomic mass is 9.87. The van der Waals surface area contributed by atoms with Gasteiger partial charge in [-0.3, -0.25) is 19.2 Å². The topological polar surface area (TPSA) is 118 Å². The summed E-state index contributed by atoms with van der Waals surface area (Å²) < 4.78 is 5.00. The van der Waals surface area contributed by atoms with Crippen LogP contribution in [0.4, 0.5) is 0 Å². The number of carboxylic acid groups (broad SMARTS) is 2. The van der Waals surface area contributed by atoms with Crippen LogP contribution in [0.15, 0.2) is 0 Å². The second kappa shape index (κ2) is 8.97. The molecule has 0 saturated heterocycles. The van der Waals surface area contributed by atoms with Crippen molar-refractivity contribution in [2.75, 3.05) is 0 Å². The minimum absolute atomic E-state index is 0.385. The lowest BCUT2D eigenvalue weighted by molar-refractivity contribution is -0.172. The van der Waals surface area contributed by atoms with E-state index in [0.29, 0.717) is 25.7 Å². The van der Waals surface area contributed by atoms with Gasteiger partial charge < -0.3 is 14.9 Å². The molecular weight excluding hydrogens is 328 g/mol. The van der Waals surface area contributed by atoms with Gasteiger partial charge >= 0.3 is 23.9 Å². The smallest absolute Gasteiger partial charge is 0.317 e. The Morgan fingerprint density at radius 3 is 1.20 bits per heavy atom. The molecule has 7 nitrogen and oxygen atoms in total. The highest BCUT2D eigenvalue weighted by Gasteiger charge is 2.40. The molecule has 140 valence electrons. The Labute approximate surface area is 146 Å². The van der Waals surface area contributed by atoms with Crippen LogP contribution >= 0.6 is 0 Å². The predicted molar refractivity (Wildman–Crippen MR) is 86.5 cm³/mol. The van der Waals surface area contributed by atoms with Crippen LogP contribution < -0.4 is 0 Å². The molecular formula is C18H26O7. The summed E-state index contributed by atoms with van der Waals surface area (Å²) in [5.41, 5.74) is 0. The lowest BCUT2D eigenvalue weighted by Gasteiger charge is -2.23. The van der Waals surface area contributed by atoms with Crippen LogP contribution in [-0.4, -0.2) is 34.1 Å². The summed E-state index contributed by atoms with van der Waals surface area (Å²) in [6.45, 7) is 0. The fraction of sp³-hybridized carbons (Fsp3) is 0.778. The Hall–Kier alpha value is -1.92. The van der Waals surface area contributed by atoms with E-state index in [1.807, 2.05) is 0 Å². The first kappa shape index (κ1) is 19.4. The van der Waals surface area contributed by atoms with Crippen LogP contribution in [0.2, 0.25) is 0 Å². The minimum Gasteiger partial charge on any atom is -0.481 e. The van der Waals surface area contributed by atoms with Crippen molar-refractivity contribution in [2.24, 2.45) is 23.7 Å². The first-order valence-electron chi connectivity index (χ1n) is 9.13. The first-order chi connectivity index (χ1) is 11.9. The van der Waals surface area contributed by atoms with Gasteiger partial charge in [0.2, 0.25) is 0 Å². The molecule has 2 N–H and O–H groups in total. The van der Waals surface area contributed by atoms with Crippen LogP contribution in [0.1, 0.15) is 64.2 Å². The van der Waals surface area contributed by atoms with Gasteiger partial charge in [-0.05, 0) is 25.7 Å². The van der Waals surface area contributed by atoms with Gasteiger partial charge in [-0.15, -0.1) is 0 Å². The number of carboxylic acids is 2. The molecule has 2 aliphatic rings. The summed E-state index contributed by atoms with van der Waals surface area (Å²) in [7, 11) is 0. The first-order valence-corrected chi connectivity index (χ1v) is 9.13. The van der Waals surface area contributed by atoms with E-state index in [4.69, 9.17) is 4.74 Å². The van der Waals surface area contributed by atoms with Crippen molar-refractivity contribution in [3.8, 4) is 0 Å². The van der Waals surface area contributed by atoms with Crippen LogP contribution in [0.5, 0.6) is 0 Å². The molecule has 4 atom stereocenters. The highest BCUT2D eigenvalue weighted by Crippen LogP contribution is 2.33. The van der Waals surface area contributed by atoms with Crippen molar-refractivity contribution < 1.29 is 34.1 Å². The summed E-state index contributed by atoms with van der Waals surface area (Å²) in [6, 6.07) is 0.